The van der Waals surface area contributed by atoms with E-state index >= 15 is 0 Å². The molecule has 0 saturated carbocycles. The summed E-state index contributed by atoms with van der Waals surface area (Å²) in [6.45, 7) is 13.0. The third-order valence-electron chi connectivity index (χ3n) is 5.31. The highest BCUT2D eigenvalue weighted by Crippen LogP contribution is 2.27. The number of nitrogens with one attached hydrogen (secondary N) is 1. The maximum absolute atomic E-state index is 12.1. The molecule has 1 fully saturated rings. The summed E-state index contributed by atoms with van der Waals surface area (Å²) in [5.74, 6) is 0.177. The Kier molecular flexibility index (Phi) is 6.94. The molecule has 0 aliphatic carbocycles. The molecule has 2 N–H and O–H groups in total. The van der Waals surface area contributed by atoms with E-state index in [9.17, 15) is 9.90 Å². The van der Waals surface area contributed by atoms with Gasteiger partial charge >= 0.3 is 12.1 Å². The fourth-order valence-electron chi connectivity index (χ4n) is 3.69. The highest BCUT2D eigenvalue weighted by Gasteiger charge is 2.28. The fraction of sp³-hybridized carbons (Fsp3) is 0.571. The highest BCUT2D eigenvalue weighted by atomic mass is 16.6. The zero-order valence-corrected chi connectivity index (χ0v) is 18.3. The number of nitrogens with zero attached hydrogens (tertiary/aromatic N) is 4. The molecule has 30 heavy (non-hydrogen) atoms. The van der Waals surface area contributed by atoms with Crippen LogP contribution in [0.15, 0.2) is 16.5 Å². The first kappa shape index (κ1) is 22.0. The molecule has 0 spiro atoms. The third kappa shape index (κ3) is 5.09. The molecule has 2 heterocycles. The van der Waals surface area contributed by atoms with Crippen molar-refractivity contribution < 1.29 is 19.1 Å². The van der Waals surface area contributed by atoms with E-state index in [1.54, 1.807) is 11.8 Å². The zero-order chi connectivity index (χ0) is 21.8. The first-order chi connectivity index (χ1) is 14.3. The minimum absolute atomic E-state index is 0.0952. The molecule has 9 nitrogen and oxygen atoms in total. The van der Waals surface area contributed by atoms with Crippen LogP contribution in [-0.4, -0.2) is 63.5 Å². The van der Waals surface area contributed by atoms with Gasteiger partial charge in [0.2, 0.25) is 5.89 Å². The van der Waals surface area contributed by atoms with Crippen molar-refractivity contribution in [3.63, 3.8) is 0 Å². The molecule has 1 saturated heterocycles. The number of hydrogen-bond donors (Lipinski definition) is 2. The second-order valence-corrected chi connectivity index (χ2v) is 7.82. The average molecular weight is 418 g/mol. The normalized spacial score (nSPS) is 18.3. The van der Waals surface area contributed by atoms with Crippen LogP contribution in [0.4, 0.5) is 16.5 Å². The van der Waals surface area contributed by atoms with E-state index in [0.717, 1.165) is 36.4 Å². The van der Waals surface area contributed by atoms with Crippen LogP contribution < -0.4 is 5.32 Å². The minimum Gasteiger partial charge on any atom is -0.450 e. The number of aromatic nitrogens is 2. The number of aryl methyl sites for hydroxylation is 1. The summed E-state index contributed by atoms with van der Waals surface area (Å²) in [5, 5.41) is 20.5. The molecule has 2 aromatic rings. The first-order valence-corrected chi connectivity index (χ1v) is 10.3. The van der Waals surface area contributed by atoms with E-state index in [0.29, 0.717) is 13.2 Å². The van der Waals surface area contributed by atoms with Crippen LogP contribution >= 0.6 is 0 Å². The number of hydrogen-bond acceptors (Lipinski definition) is 8. The monoisotopic (exact) mass is 417 g/mol. The average Bonchev–Trinajstić information content (AvgIpc) is 3.14. The lowest BCUT2D eigenvalue weighted by Gasteiger charge is -2.39. The molecule has 1 amide bonds. The van der Waals surface area contributed by atoms with Crippen LogP contribution in [0.5, 0.6) is 0 Å². The fourth-order valence-corrected chi connectivity index (χ4v) is 3.69. The summed E-state index contributed by atoms with van der Waals surface area (Å²) in [6, 6.07) is 4.56. The molecular formula is C21H31N5O4. The van der Waals surface area contributed by atoms with Gasteiger partial charge in [0.25, 0.3) is 0 Å². The lowest BCUT2D eigenvalue weighted by atomic mass is 10.0. The Morgan fingerprint density at radius 1 is 1.37 bits per heavy atom. The second kappa shape index (κ2) is 9.44. The number of ether oxygens (including phenoxy) is 1. The van der Waals surface area contributed by atoms with Gasteiger partial charge in [0.05, 0.1) is 6.61 Å². The Hall–Kier alpha value is -2.65. The Labute approximate surface area is 177 Å². The van der Waals surface area contributed by atoms with Gasteiger partial charge < -0.3 is 24.5 Å². The number of rotatable bonds is 6. The number of amides is 1. The van der Waals surface area contributed by atoms with E-state index in [2.05, 4.69) is 40.3 Å². The Balaban J connectivity index is 1.70. The molecule has 9 heteroatoms. The number of piperazine rings is 1. The Morgan fingerprint density at radius 3 is 2.77 bits per heavy atom. The number of carbonyl (C=O) groups is 1. The van der Waals surface area contributed by atoms with Crippen LogP contribution in [0.1, 0.15) is 49.5 Å². The molecule has 0 bridgehead atoms. The van der Waals surface area contributed by atoms with E-state index in [1.165, 1.54) is 5.56 Å². The van der Waals surface area contributed by atoms with Crippen molar-refractivity contribution in [1.82, 2.24) is 20.0 Å². The van der Waals surface area contributed by atoms with Crippen molar-refractivity contribution in [2.24, 2.45) is 0 Å². The van der Waals surface area contributed by atoms with Crippen LogP contribution in [-0.2, 0) is 11.3 Å². The molecule has 1 aliphatic heterocycles. The van der Waals surface area contributed by atoms with E-state index in [-0.39, 0.29) is 24.0 Å². The number of aliphatic hydroxyl groups excluding tert-OH is 1. The van der Waals surface area contributed by atoms with Gasteiger partial charge in [-0.25, -0.2) is 4.79 Å². The van der Waals surface area contributed by atoms with Gasteiger partial charge in [0.1, 0.15) is 6.10 Å². The predicted octanol–water partition coefficient (Wildman–Crippen LogP) is 3.15. The van der Waals surface area contributed by atoms with Crippen LogP contribution in [0.3, 0.4) is 0 Å². The topological polar surface area (TPSA) is 104 Å². The van der Waals surface area contributed by atoms with Gasteiger partial charge in [-0.05, 0) is 57.4 Å². The molecule has 0 radical (unpaired) electrons. The van der Waals surface area contributed by atoms with Crippen molar-refractivity contribution in [2.75, 3.05) is 31.6 Å². The van der Waals surface area contributed by atoms with Gasteiger partial charge in [-0.1, -0.05) is 11.2 Å². The summed E-state index contributed by atoms with van der Waals surface area (Å²) in [6.07, 6.45) is -1.04. The standard InChI is InChI=1S/C21H31N5O4/c1-6-29-21(28)26-8-7-25(11-14(26)3)12-17-9-13(2)10-18(15(17)4)22-20-24-23-19(30-20)16(5)27/h9-10,14,16,27H,6-8,11-12H2,1-5H3,(H,22,24)/t14-,16?/m0/s1. The molecule has 1 aromatic heterocycles. The molecule has 2 atom stereocenters. The number of carbonyl (C=O) groups excluding carboxylic acids is 1. The molecular weight excluding hydrogens is 386 g/mol. The van der Waals surface area contributed by atoms with Crippen molar-refractivity contribution in [2.45, 2.75) is 53.3 Å². The summed E-state index contributed by atoms with van der Waals surface area (Å²) in [4.78, 5) is 16.2. The Morgan fingerprint density at radius 2 is 2.13 bits per heavy atom. The van der Waals surface area contributed by atoms with Crippen molar-refractivity contribution in [3.05, 3.63) is 34.7 Å². The maximum atomic E-state index is 12.1. The summed E-state index contributed by atoms with van der Waals surface area (Å²) < 4.78 is 10.6. The quantitative estimate of drug-likeness (QED) is 0.739. The van der Waals surface area contributed by atoms with Crippen molar-refractivity contribution in [3.8, 4) is 0 Å². The molecule has 164 valence electrons. The van der Waals surface area contributed by atoms with Crippen molar-refractivity contribution in [1.29, 1.82) is 0 Å². The van der Waals surface area contributed by atoms with Crippen LogP contribution in [0.25, 0.3) is 0 Å². The molecule has 1 aromatic carbocycles. The van der Waals surface area contributed by atoms with E-state index in [1.807, 2.05) is 19.9 Å². The largest absolute Gasteiger partial charge is 0.450 e. The molecule has 1 aliphatic rings. The van der Waals surface area contributed by atoms with E-state index in [4.69, 9.17) is 9.15 Å². The molecule has 1 unspecified atom stereocenters. The highest BCUT2D eigenvalue weighted by molar-refractivity contribution is 5.68. The van der Waals surface area contributed by atoms with Gasteiger partial charge in [0, 0.05) is 37.9 Å². The van der Waals surface area contributed by atoms with Gasteiger partial charge in [-0.15, -0.1) is 5.10 Å². The number of benzene rings is 1. The lowest BCUT2D eigenvalue weighted by molar-refractivity contribution is 0.0519. The summed E-state index contributed by atoms with van der Waals surface area (Å²) >= 11 is 0. The SMILES string of the molecule is CCOC(=O)N1CCN(Cc2cc(C)cc(Nc3nnc(C(C)O)o3)c2C)C[C@@H]1C. The lowest BCUT2D eigenvalue weighted by Crippen LogP contribution is -2.53. The molecule has 3 rings (SSSR count). The summed E-state index contributed by atoms with van der Waals surface area (Å²) in [7, 11) is 0. The van der Waals surface area contributed by atoms with Crippen LogP contribution in [0.2, 0.25) is 0 Å². The number of anilines is 2. The Bertz CT molecular complexity index is 882. The van der Waals surface area contributed by atoms with Crippen LogP contribution in [0, 0.1) is 13.8 Å². The van der Waals surface area contributed by atoms with E-state index < -0.39 is 6.10 Å². The first-order valence-electron chi connectivity index (χ1n) is 10.3. The predicted molar refractivity (Wildman–Crippen MR) is 113 cm³/mol. The van der Waals surface area contributed by atoms with Gasteiger partial charge in [0.15, 0.2) is 0 Å². The minimum atomic E-state index is -0.808. The van der Waals surface area contributed by atoms with Crippen molar-refractivity contribution >= 4 is 17.8 Å². The second-order valence-electron chi connectivity index (χ2n) is 7.82. The third-order valence-corrected chi connectivity index (χ3v) is 5.31. The summed E-state index contributed by atoms with van der Waals surface area (Å²) in [5.41, 5.74) is 4.30. The van der Waals surface area contributed by atoms with Gasteiger partial charge in [-0.2, -0.15) is 0 Å². The smallest absolute Gasteiger partial charge is 0.410 e. The van der Waals surface area contributed by atoms with Gasteiger partial charge in [-0.3, -0.25) is 4.90 Å². The number of aliphatic hydroxyl groups is 1. The maximum Gasteiger partial charge on any atom is 0.410 e. The zero-order valence-electron chi connectivity index (χ0n) is 18.3.